The minimum atomic E-state index is -0.0610. The highest BCUT2D eigenvalue weighted by Gasteiger charge is 2.30. The largest absolute Gasteiger partial charge is 0.467 e. The lowest BCUT2D eigenvalue weighted by Gasteiger charge is -2.25. The van der Waals surface area contributed by atoms with Gasteiger partial charge in [-0.3, -0.25) is 9.59 Å². The molecule has 0 bridgehead atoms. The van der Waals surface area contributed by atoms with E-state index >= 15 is 0 Å². The zero-order chi connectivity index (χ0) is 17.1. The van der Waals surface area contributed by atoms with Crippen LogP contribution < -0.4 is 4.90 Å². The molecule has 5 nitrogen and oxygen atoms in total. The lowest BCUT2D eigenvalue weighted by molar-refractivity contribution is -0.130. The molecule has 2 heterocycles. The Hall–Kier alpha value is -2.56. The molecule has 126 valence electrons. The quantitative estimate of drug-likeness (QED) is 0.849. The Kier molecular flexibility index (Phi) is 4.69. The van der Waals surface area contributed by atoms with Crippen LogP contribution in [-0.2, 0) is 22.6 Å². The van der Waals surface area contributed by atoms with Crippen molar-refractivity contribution in [3.05, 3.63) is 54.0 Å². The average molecular weight is 326 g/mol. The highest BCUT2D eigenvalue weighted by molar-refractivity contribution is 5.96. The van der Waals surface area contributed by atoms with E-state index in [-0.39, 0.29) is 17.9 Å². The van der Waals surface area contributed by atoms with Gasteiger partial charge in [-0.1, -0.05) is 18.2 Å². The van der Waals surface area contributed by atoms with Crippen LogP contribution in [0.5, 0.6) is 0 Å². The molecule has 1 aliphatic rings. The molecule has 1 unspecified atom stereocenters. The van der Waals surface area contributed by atoms with Gasteiger partial charge in [0.25, 0.3) is 0 Å². The number of rotatable bonds is 5. The van der Waals surface area contributed by atoms with Crippen LogP contribution in [-0.4, -0.2) is 29.3 Å². The van der Waals surface area contributed by atoms with E-state index in [1.54, 1.807) is 17.2 Å². The van der Waals surface area contributed by atoms with Crippen LogP contribution in [0.2, 0.25) is 0 Å². The number of fused-ring (bicyclic) bond motifs is 1. The predicted molar refractivity (Wildman–Crippen MR) is 91.5 cm³/mol. The van der Waals surface area contributed by atoms with Crippen molar-refractivity contribution in [2.24, 2.45) is 0 Å². The number of anilines is 1. The van der Waals surface area contributed by atoms with Gasteiger partial charge in [-0.05, 0) is 37.1 Å². The summed E-state index contributed by atoms with van der Waals surface area (Å²) < 4.78 is 5.30. The molecule has 0 aliphatic carbocycles. The summed E-state index contributed by atoms with van der Waals surface area (Å²) in [7, 11) is 0. The summed E-state index contributed by atoms with van der Waals surface area (Å²) in [6.07, 6.45) is 2.77. The molecule has 0 fully saturated rings. The molecule has 3 rings (SSSR count). The van der Waals surface area contributed by atoms with Crippen molar-refractivity contribution < 1.29 is 14.0 Å². The van der Waals surface area contributed by atoms with Crippen molar-refractivity contribution in [3.63, 3.8) is 0 Å². The minimum Gasteiger partial charge on any atom is -0.467 e. The Morgan fingerprint density at radius 2 is 2.04 bits per heavy atom. The molecule has 0 spiro atoms. The first-order valence-corrected chi connectivity index (χ1v) is 8.24. The van der Waals surface area contributed by atoms with Crippen molar-refractivity contribution in [1.29, 1.82) is 0 Å². The highest BCUT2D eigenvalue weighted by atomic mass is 16.3. The van der Waals surface area contributed by atoms with Crippen LogP contribution in [0.15, 0.2) is 47.1 Å². The molecular weight excluding hydrogens is 304 g/mol. The fourth-order valence-electron chi connectivity index (χ4n) is 3.24. The Morgan fingerprint density at radius 3 is 2.75 bits per heavy atom. The third-order valence-electron chi connectivity index (χ3n) is 4.44. The van der Waals surface area contributed by atoms with Crippen LogP contribution >= 0.6 is 0 Å². The van der Waals surface area contributed by atoms with Crippen LogP contribution in [0.4, 0.5) is 5.69 Å². The van der Waals surface area contributed by atoms with Gasteiger partial charge in [0.05, 0.1) is 12.8 Å². The van der Waals surface area contributed by atoms with Crippen LogP contribution in [0.1, 0.15) is 31.6 Å². The van der Waals surface area contributed by atoms with E-state index < -0.39 is 0 Å². The number of hydrogen-bond donors (Lipinski definition) is 0. The molecule has 0 radical (unpaired) electrons. The molecule has 1 atom stereocenters. The van der Waals surface area contributed by atoms with Gasteiger partial charge in [0.1, 0.15) is 5.76 Å². The minimum absolute atomic E-state index is 0.0538. The van der Waals surface area contributed by atoms with Crippen LogP contribution in [0.25, 0.3) is 0 Å². The second-order valence-corrected chi connectivity index (χ2v) is 6.22. The molecule has 2 amide bonds. The Bertz CT molecular complexity index is 724. The Balaban J connectivity index is 1.65. The first-order valence-electron chi connectivity index (χ1n) is 8.24. The normalized spacial score (nSPS) is 16.1. The molecule has 2 aromatic rings. The molecule has 24 heavy (non-hydrogen) atoms. The summed E-state index contributed by atoms with van der Waals surface area (Å²) in [4.78, 5) is 28.0. The van der Waals surface area contributed by atoms with Gasteiger partial charge in [-0.15, -0.1) is 0 Å². The average Bonchev–Trinajstić information content (AvgIpc) is 3.17. The first kappa shape index (κ1) is 16.3. The lowest BCUT2D eigenvalue weighted by atomic mass is 10.1. The number of hydrogen-bond acceptors (Lipinski definition) is 3. The number of para-hydroxylation sites is 1. The molecule has 0 saturated carbocycles. The first-order chi connectivity index (χ1) is 11.6. The van der Waals surface area contributed by atoms with Gasteiger partial charge in [0.2, 0.25) is 11.8 Å². The van der Waals surface area contributed by atoms with E-state index in [0.717, 1.165) is 17.9 Å². The Morgan fingerprint density at radius 1 is 1.25 bits per heavy atom. The molecule has 0 N–H and O–H groups in total. The molecular formula is C19H22N2O3. The summed E-state index contributed by atoms with van der Waals surface area (Å²) in [5.41, 5.74) is 2.20. The lowest BCUT2D eigenvalue weighted by Crippen LogP contribution is -2.39. The highest BCUT2D eigenvalue weighted by Crippen LogP contribution is 2.32. The summed E-state index contributed by atoms with van der Waals surface area (Å²) >= 11 is 0. The second-order valence-electron chi connectivity index (χ2n) is 6.22. The number of benzene rings is 1. The van der Waals surface area contributed by atoms with Gasteiger partial charge in [0, 0.05) is 31.6 Å². The summed E-state index contributed by atoms with van der Waals surface area (Å²) in [5.74, 6) is 0.713. The van der Waals surface area contributed by atoms with Crippen molar-refractivity contribution in [3.8, 4) is 0 Å². The molecule has 5 heteroatoms. The number of carbonyl (C=O) groups excluding carboxylic acids is 2. The SMILES string of the molecule is CC(=O)N(CCC(=O)N1c2ccccc2CC1C)Cc1ccco1. The summed E-state index contributed by atoms with van der Waals surface area (Å²) in [6, 6.07) is 11.8. The summed E-state index contributed by atoms with van der Waals surface area (Å²) in [6.45, 7) is 4.35. The monoisotopic (exact) mass is 326 g/mol. The van der Waals surface area contributed by atoms with E-state index in [4.69, 9.17) is 4.42 Å². The maximum Gasteiger partial charge on any atom is 0.229 e. The second kappa shape index (κ2) is 6.91. The van der Waals surface area contributed by atoms with E-state index in [2.05, 4.69) is 13.0 Å². The van der Waals surface area contributed by atoms with E-state index in [1.807, 2.05) is 29.2 Å². The third-order valence-corrected chi connectivity index (χ3v) is 4.44. The van der Waals surface area contributed by atoms with Crippen molar-refractivity contribution in [2.75, 3.05) is 11.4 Å². The summed E-state index contributed by atoms with van der Waals surface area (Å²) in [5, 5.41) is 0. The van der Waals surface area contributed by atoms with Crippen molar-refractivity contribution in [2.45, 2.75) is 39.3 Å². The fourth-order valence-corrected chi connectivity index (χ4v) is 3.24. The Labute approximate surface area is 141 Å². The molecule has 1 aliphatic heterocycles. The van der Waals surface area contributed by atoms with Crippen molar-refractivity contribution >= 4 is 17.5 Å². The van der Waals surface area contributed by atoms with E-state index in [9.17, 15) is 9.59 Å². The third kappa shape index (κ3) is 3.35. The predicted octanol–water partition coefficient (Wildman–Crippen LogP) is 3.00. The smallest absolute Gasteiger partial charge is 0.229 e. The van der Waals surface area contributed by atoms with Gasteiger partial charge in [0.15, 0.2) is 0 Å². The van der Waals surface area contributed by atoms with Crippen LogP contribution in [0, 0.1) is 0 Å². The molecule has 1 aromatic carbocycles. The number of carbonyl (C=O) groups is 2. The maximum atomic E-state index is 12.7. The zero-order valence-corrected chi connectivity index (χ0v) is 14.1. The van der Waals surface area contributed by atoms with Gasteiger partial charge in [-0.25, -0.2) is 0 Å². The standard InChI is InChI=1S/C19H22N2O3/c1-14-12-16-6-3-4-8-18(16)21(14)19(23)9-10-20(15(2)22)13-17-7-5-11-24-17/h3-8,11,14H,9-10,12-13H2,1-2H3. The fraction of sp³-hybridized carbons (Fsp3) is 0.368. The van der Waals surface area contributed by atoms with Gasteiger partial charge >= 0.3 is 0 Å². The van der Waals surface area contributed by atoms with Gasteiger partial charge in [-0.2, -0.15) is 0 Å². The molecule has 0 saturated heterocycles. The van der Waals surface area contributed by atoms with Crippen molar-refractivity contribution in [1.82, 2.24) is 4.90 Å². The van der Waals surface area contributed by atoms with Crippen LogP contribution in [0.3, 0.4) is 0 Å². The number of amides is 2. The zero-order valence-electron chi connectivity index (χ0n) is 14.1. The van der Waals surface area contributed by atoms with E-state index in [1.165, 1.54) is 12.5 Å². The van der Waals surface area contributed by atoms with Gasteiger partial charge < -0.3 is 14.2 Å². The maximum absolute atomic E-state index is 12.7. The number of nitrogens with zero attached hydrogens (tertiary/aromatic N) is 2. The molecule has 1 aromatic heterocycles. The number of furan rings is 1. The topological polar surface area (TPSA) is 53.8 Å². The van der Waals surface area contributed by atoms with E-state index in [0.29, 0.717) is 19.5 Å².